The first-order valence-electron chi connectivity index (χ1n) is 8.27. The van der Waals surface area contributed by atoms with Gasteiger partial charge >= 0.3 is 6.03 Å². The Hall–Kier alpha value is -2.82. The number of benzene rings is 2. The van der Waals surface area contributed by atoms with E-state index in [0.29, 0.717) is 0 Å². The third kappa shape index (κ3) is 5.64. The van der Waals surface area contributed by atoms with Crippen molar-refractivity contribution in [3.8, 4) is 0 Å². The van der Waals surface area contributed by atoms with E-state index in [1.54, 1.807) is 0 Å². The number of primary amides is 1. The van der Waals surface area contributed by atoms with Crippen LogP contribution in [0.25, 0.3) is 0 Å². The molecule has 3 amide bonds. The maximum atomic E-state index is 12.4. The van der Waals surface area contributed by atoms with Gasteiger partial charge in [0.1, 0.15) is 0 Å². The van der Waals surface area contributed by atoms with Gasteiger partial charge in [-0.25, -0.2) is 4.79 Å². The molecule has 0 aliphatic rings. The van der Waals surface area contributed by atoms with Gasteiger partial charge < -0.3 is 16.4 Å². The van der Waals surface area contributed by atoms with Crippen molar-refractivity contribution in [2.45, 2.75) is 38.6 Å². The van der Waals surface area contributed by atoms with Gasteiger partial charge in [0.05, 0.1) is 12.5 Å². The summed E-state index contributed by atoms with van der Waals surface area (Å²) in [5, 5.41) is 5.48. The molecule has 0 heterocycles. The van der Waals surface area contributed by atoms with Gasteiger partial charge in [-0.3, -0.25) is 4.79 Å². The summed E-state index contributed by atoms with van der Waals surface area (Å²) in [5.41, 5.74) is 8.05. The van der Waals surface area contributed by atoms with Crippen LogP contribution in [0.3, 0.4) is 0 Å². The minimum Gasteiger partial charge on any atom is -0.352 e. The summed E-state index contributed by atoms with van der Waals surface area (Å²) in [5.74, 6) is -0.189. The molecular weight excluding hydrogens is 314 g/mol. The predicted octanol–water partition coefficient (Wildman–Crippen LogP) is 3.72. The fourth-order valence-corrected chi connectivity index (χ4v) is 2.56. The van der Waals surface area contributed by atoms with E-state index in [0.717, 1.165) is 11.3 Å². The lowest BCUT2D eigenvalue weighted by atomic mass is 9.87. The third-order valence-corrected chi connectivity index (χ3v) is 3.94. The molecule has 0 radical (unpaired) electrons. The highest BCUT2D eigenvalue weighted by Crippen LogP contribution is 2.24. The van der Waals surface area contributed by atoms with Crippen LogP contribution in [-0.4, -0.2) is 11.9 Å². The molecule has 0 aliphatic heterocycles. The molecular formula is C20H25N3O2. The Morgan fingerprint density at radius 1 is 1.00 bits per heavy atom. The molecule has 0 unspecified atom stereocenters. The van der Waals surface area contributed by atoms with Gasteiger partial charge in [-0.2, -0.15) is 0 Å². The molecule has 0 aromatic heterocycles. The molecule has 25 heavy (non-hydrogen) atoms. The van der Waals surface area contributed by atoms with Crippen LogP contribution in [0.2, 0.25) is 0 Å². The van der Waals surface area contributed by atoms with Crippen molar-refractivity contribution >= 4 is 17.6 Å². The molecule has 132 valence electrons. The number of amides is 3. The summed E-state index contributed by atoms with van der Waals surface area (Å²) in [6, 6.07) is 16.0. The smallest absolute Gasteiger partial charge is 0.312 e. The molecule has 4 N–H and O–H groups in total. The number of nitrogens with two attached hydrogens (primary N) is 1. The molecule has 5 heteroatoms. The second-order valence-electron chi connectivity index (χ2n) is 7.05. The Morgan fingerprint density at radius 3 is 2.12 bits per heavy atom. The van der Waals surface area contributed by atoms with Crippen LogP contribution in [0.15, 0.2) is 54.6 Å². The van der Waals surface area contributed by atoms with Crippen molar-refractivity contribution in [3.63, 3.8) is 0 Å². The van der Waals surface area contributed by atoms with Crippen LogP contribution in [-0.2, 0) is 10.2 Å². The average molecular weight is 339 g/mol. The second kappa shape index (κ2) is 7.83. The highest BCUT2D eigenvalue weighted by molar-refractivity contribution is 5.91. The van der Waals surface area contributed by atoms with Crippen molar-refractivity contribution in [2.75, 3.05) is 5.32 Å². The van der Waals surface area contributed by atoms with E-state index in [1.807, 2.05) is 54.6 Å². The Kier molecular flexibility index (Phi) is 5.80. The van der Waals surface area contributed by atoms with E-state index in [1.165, 1.54) is 5.56 Å². The number of urea groups is 1. The number of carbonyl (C=O) groups excluding carboxylic acids is 2. The van der Waals surface area contributed by atoms with Crippen molar-refractivity contribution in [1.82, 2.24) is 5.32 Å². The SMILES string of the molecule is CC(C)(C)c1ccc(NC(=O)C[C@@H](NC(N)=O)c2ccccc2)cc1. The molecule has 1 atom stereocenters. The third-order valence-electron chi connectivity index (χ3n) is 3.94. The van der Waals surface area contributed by atoms with Gasteiger partial charge in [0.2, 0.25) is 5.91 Å². The highest BCUT2D eigenvalue weighted by atomic mass is 16.2. The minimum absolute atomic E-state index is 0.0619. The van der Waals surface area contributed by atoms with Crippen molar-refractivity contribution < 1.29 is 9.59 Å². The van der Waals surface area contributed by atoms with Gasteiger partial charge in [-0.15, -0.1) is 0 Å². The average Bonchev–Trinajstić information content (AvgIpc) is 2.54. The van der Waals surface area contributed by atoms with Crippen LogP contribution in [0, 0.1) is 0 Å². The monoisotopic (exact) mass is 339 g/mol. The van der Waals surface area contributed by atoms with E-state index >= 15 is 0 Å². The maximum absolute atomic E-state index is 12.4. The van der Waals surface area contributed by atoms with E-state index in [2.05, 4.69) is 31.4 Å². The Morgan fingerprint density at radius 2 is 1.60 bits per heavy atom. The summed E-state index contributed by atoms with van der Waals surface area (Å²) >= 11 is 0. The molecule has 0 spiro atoms. The second-order valence-corrected chi connectivity index (χ2v) is 7.05. The van der Waals surface area contributed by atoms with Crippen molar-refractivity contribution in [2.24, 2.45) is 5.73 Å². The number of hydrogen-bond donors (Lipinski definition) is 3. The van der Waals surface area contributed by atoms with Crippen LogP contribution in [0.1, 0.15) is 44.4 Å². The quantitative estimate of drug-likeness (QED) is 0.775. The first-order chi connectivity index (χ1) is 11.8. The summed E-state index contributed by atoms with van der Waals surface area (Å²) in [6.07, 6.45) is 0.105. The van der Waals surface area contributed by atoms with E-state index in [9.17, 15) is 9.59 Å². The molecule has 2 rings (SSSR count). The molecule has 0 fully saturated rings. The van der Waals surface area contributed by atoms with Crippen LogP contribution in [0.5, 0.6) is 0 Å². The van der Waals surface area contributed by atoms with E-state index < -0.39 is 12.1 Å². The molecule has 5 nitrogen and oxygen atoms in total. The summed E-state index contributed by atoms with van der Waals surface area (Å²) in [4.78, 5) is 23.6. The molecule has 2 aromatic carbocycles. The van der Waals surface area contributed by atoms with E-state index in [-0.39, 0.29) is 17.7 Å². The molecule has 2 aromatic rings. The fourth-order valence-electron chi connectivity index (χ4n) is 2.56. The van der Waals surface area contributed by atoms with Gasteiger partial charge in [-0.1, -0.05) is 63.2 Å². The number of carbonyl (C=O) groups is 2. The summed E-state index contributed by atoms with van der Waals surface area (Å²) < 4.78 is 0. The zero-order valence-corrected chi connectivity index (χ0v) is 14.9. The first-order valence-corrected chi connectivity index (χ1v) is 8.27. The minimum atomic E-state index is -0.656. The fraction of sp³-hybridized carbons (Fsp3) is 0.300. The predicted molar refractivity (Wildman–Crippen MR) is 100 cm³/mol. The zero-order chi connectivity index (χ0) is 18.4. The lowest BCUT2D eigenvalue weighted by Crippen LogP contribution is -2.35. The van der Waals surface area contributed by atoms with Gasteiger partial charge in [0.15, 0.2) is 0 Å². The molecule has 0 saturated carbocycles. The lowest BCUT2D eigenvalue weighted by Gasteiger charge is -2.20. The van der Waals surface area contributed by atoms with Gasteiger partial charge in [0, 0.05) is 5.69 Å². The number of anilines is 1. The van der Waals surface area contributed by atoms with Crippen LogP contribution >= 0.6 is 0 Å². The molecule has 0 saturated heterocycles. The maximum Gasteiger partial charge on any atom is 0.312 e. The zero-order valence-electron chi connectivity index (χ0n) is 14.9. The Balaban J connectivity index is 2.05. The lowest BCUT2D eigenvalue weighted by molar-refractivity contribution is -0.116. The highest BCUT2D eigenvalue weighted by Gasteiger charge is 2.18. The first kappa shape index (κ1) is 18.5. The van der Waals surface area contributed by atoms with Gasteiger partial charge in [0.25, 0.3) is 0 Å². The summed E-state index contributed by atoms with van der Waals surface area (Å²) in [7, 11) is 0. The molecule has 0 bridgehead atoms. The number of rotatable bonds is 5. The largest absolute Gasteiger partial charge is 0.352 e. The standard InChI is InChI=1S/C20H25N3O2/c1-20(2,3)15-9-11-16(12-10-15)22-18(24)13-17(23-19(21)25)14-7-5-4-6-8-14/h4-12,17H,13H2,1-3H3,(H,22,24)(H3,21,23,25)/t17-/m1/s1. The van der Waals surface area contributed by atoms with Crippen molar-refractivity contribution in [1.29, 1.82) is 0 Å². The number of nitrogens with one attached hydrogen (secondary N) is 2. The Labute approximate surface area is 148 Å². The van der Waals surface area contributed by atoms with Crippen LogP contribution < -0.4 is 16.4 Å². The van der Waals surface area contributed by atoms with E-state index in [4.69, 9.17) is 5.73 Å². The molecule has 0 aliphatic carbocycles. The normalized spacial score (nSPS) is 12.3. The van der Waals surface area contributed by atoms with Crippen LogP contribution in [0.4, 0.5) is 10.5 Å². The van der Waals surface area contributed by atoms with Gasteiger partial charge in [-0.05, 0) is 28.7 Å². The Bertz CT molecular complexity index is 719. The number of hydrogen-bond acceptors (Lipinski definition) is 2. The summed E-state index contributed by atoms with van der Waals surface area (Å²) in [6.45, 7) is 6.42. The topological polar surface area (TPSA) is 84.2 Å². The van der Waals surface area contributed by atoms with Crippen molar-refractivity contribution in [3.05, 3.63) is 65.7 Å².